The predicted molar refractivity (Wildman–Crippen MR) is 81.7 cm³/mol. The summed E-state index contributed by atoms with van der Waals surface area (Å²) in [6.45, 7) is 0. The fourth-order valence-electron chi connectivity index (χ4n) is 2.75. The van der Waals surface area contributed by atoms with Gasteiger partial charge in [0.25, 0.3) is 0 Å². The Morgan fingerprint density at radius 1 is 1.20 bits per heavy atom. The van der Waals surface area contributed by atoms with E-state index in [1.54, 1.807) is 0 Å². The Kier molecular flexibility index (Phi) is 5.62. The summed E-state index contributed by atoms with van der Waals surface area (Å²) in [7, 11) is -3.05. The number of carbonyl (C=O) groups is 1. The van der Waals surface area contributed by atoms with E-state index in [0.717, 1.165) is 19.2 Å². The Hall–Kier alpha value is -1.81. The van der Waals surface area contributed by atoms with E-state index in [1.165, 1.54) is 0 Å². The molecule has 25 heavy (non-hydrogen) atoms. The van der Waals surface area contributed by atoms with Crippen LogP contribution in [-0.2, 0) is 21.0 Å². The lowest BCUT2D eigenvalue weighted by molar-refractivity contribution is -0.143. The van der Waals surface area contributed by atoms with Crippen LogP contribution in [0.15, 0.2) is 23.1 Å². The van der Waals surface area contributed by atoms with Crippen LogP contribution in [0.1, 0.15) is 31.2 Å². The van der Waals surface area contributed by atoms with Crippen molar-refractivity contribution in [1.82, 2.24) is 4.72 Å². The lowest BCUT2D eigenvalue weighted by Gasteiger charge is -2.26. The molecule has 0 heterocycles. The highest BCUT2D eigenvalue weighted by Crippen LogP contribution is 2.34. The van der Waals surface area contributed by atoms with Crippen molar-refractivity contribution >= 4 is 16.0 Å². The van der Waals surface area contributed by atoms with Gasteiger partial charge in [-0.1, -0.05) is 0 Å². The van der Waals surface area contributed by atoms with Crippen LogP contribution in [0.2, 0.25) is 0 Å². The number of nitrogens with one attached hydrogen (secondary N) is 1. The molecular formula is C15H18F3NO5S. The predicted octanol–water partition coefficient (Wildman–Crippen LogP) is 2.64. The number of ether oxygens (including phenoxy) is 1. The van der Waals surface area contributed by atoms with E-state index in [0.29, 0.717) is 31.7 Å². The van der Waals surface area contributed by atoms with Crippen LogP contribution in [-0.4, -0.2) is 32.6 Å². The molecule has 1 fully saturated rings. The monoisotopic (exact) mass is 381 g/mol. The molecule has 0 saturated heterocycles. The summed E-state index contributed by atoms with van der Waals surface area (Å²) in [5, 5.41) is 8.94. The summed E-state index contributed by atoms with van der Waals surface area (Å²) in [4.78, 5) is 10.4. The van der Waals surface area contributed by atoms with Gasteiger partial charge in [-0.05, 0) is 37.8 Å². The van der Waals surface area contributed by atoms with Gasteiger partial charge in [-0.15, -0.1) is 0 Å². The Morgan fingerprint density at radius 3 is 2.28 bits per heavy atom. The molecule has 1 aliphatic carbocycles. The number of hydrogen-bond acceptors (Lipinski definition) is 4. The van der Waals surface area contributed by atoms with Crippen LogP contribution in [0.3, 0.4) is 0 Å². The first-order valence-electron chi connectivity index (χ1n) is 7.54. The van der Waals surface area contributed by atoms with Gasteiger partial charge in [0.1, 0.15) is 5.75 Å². The van der Waals surface area contributed by atoms with E-state index in [-0.39, 0.29) is 5.75 Å². The number of alkyl halides is 3. The minimum absolute atomic E-state index is 0.218. The molecule has 0 amide bonds. The third-order valence-electron chi connectivity index (χ3n) is 4.15. The Bertz CT molecular complexity index is 740. The van der Waals surface area contributed by atoms with Gasteiger partial charge in [0.15, 0.2) is 0 Å². The summed E-state index contributed by atoms with van der Waals surface area (Å²) >= 11 is 0. The Morgan fingerprint density at radius 2 is 1.80 bits per heavy atom. The number of methoxy groups -OCH3 is 1. The highest BCUT2D eigenvalue weighted by Gasteiger charge is 2.34. The summed E-state index contributed by atoms with van der Waals surface area (Å²) in [5.74, 6) is -1.66. The molecule has 1 aliphatic rings. The van der Waals surface area contributed by atoms with Gasteiger partial charge < -0.3 is 9.84 Å². The number of aliphatic carboxylic acids is 1. The van der Waals surface area contributed by atoms with Crippen molar-refractivity contribution in [2.75, 3.05) is 7.11 Å². The molecule has 1 aromatic carbocycles. The third kappa shape index (κ3) is 4.85. The second-order valence-electron chi connectivity index (χ2n) is 5.90. The average Bonchev–Trinajstić information content (AvgIpc) is 2.53. The molecule has 0 spiro atoms. The molecule has 10 heteroatoms. The van der Waals surface area contributed by atoms with Crippen molar-refractivity contribution in [1.29, 1.82) is 0 Å². The SMILES string of the molecule is COc1cc(C(F)(F)F)cc(S(=O)(=O)NC2CCC(C(=O)O)CC2)c1. The van der Waals surface area contributed by atoms with Crippen molar-refractivity contribution < 1.29 is 36.2 Å². The number of hydrogen-bond donors (Lipinski definition) is 2. The van der Waals surface area contributed by atoms with Gasteiger partial charge in [0.05, 0.1) is 23.5 Å². The molecule has 0 radical (unpaired) electrons. The molecule has 140 valence electrons. The first-order chi connectivity index (χ1) is 11.5. The maximum atomic E-state index is 12.9. The maximum Gasteiger partial charge on any atom is 0.416 e. The highest BCUT2D eigenvalue weighted by atomic mass is 32.2. The summed E-state index contributed by atoms with van der Waals surface area (Å²) in [5.41, 5.74) is -1.12. The number of rotatable bonds is 5. The van der Waals surface area contributed by atoms with Gasteiger partial charge in [0, 0.05) is 12.1 Å². The average molecular weight is 381 g/mol. The van der Waals surface area contributed by atoms with Gasteiger partial charge in [-0.2, -0.15) is 13.2 Å². The van der Waals surface area contributed by atoms with E-state index in [1.807, 2.05) is 0 Å². The zero-order chi connectivity index (χ0) is 18.8. The van der Waals surface area contributed by atoms with Crippen molar-refractivity contribution in [3.8, 4) is 5.75 Å². The van der Waals surface area contributed by atoms with Gasteiger partial charge in [-0.3, -0.25) is 4.79 Å². The molecule has 6 nitrogen and oxygen atoms in total. The molecule has 0 aromatic heterocycles. The van der Waals surface area contributed by atoms with E-state index in [2.05, 4.69) is 4.72 Å². The third-order valence-corrected chi connectivity index (χ3v) is 5.65. The van der Waals surface area contributed by atoms with E-state index < -0.39 is 44.6 Å². The zero-order valence-corrected chi connectivity index (χ0v) is 14.2. The van der Waals surface area contributed by atoms with E-state index >= 15 is 0 Å². The zero-order valence-electron chi connectivity index (χ0n) is 13.3. The summed E-state index contributed by atoms with van der Waals surface area (Å²) in [6.07, 6.45) is -3.46. The quantitative estimate of drug-likeness (QED) is 0.818. The lowest BCUT2D eigenvalue weighted by Crippen LogP contribution is -2.38. The number of carboxylic acid groups (broad SMARTS) is 1. The molecular weight excluding hydrogens is 363 g/mol. The van der Waals surface area contributed by atoms with Crippen LogP contribution in [0.5, 0.6) is 5.75 Å². The number of carboxylic acids is 1. The summed E-state index contributed by atoms with van der Waals surface area (Å²) < 4.78 is 70.7. The van der Waals surface area contributed by atoms with Crippen molar-refractivity contribution in [2.45, 2.75) is 42.8 Å². The van der Waals surface area contributed by atoms with Crippen LogP contribution in [0.4, 0.5) is 13.2 Å². The van der Waals surface area contributed by atoms with Crippen molar-refractivity contribution in [2.24, 2.45) is 5.92 Å². The topological polar surface area (TPSA) is 92.7 Å². The van der Waals surface area contributed by atoms with Crippen LogP contribution in [0, 0.1) is 5.92 Å². The van der Waals surface area contributed by atoms with Gasteiger partial charge >= 0.3 is 12.1 Å². The molecule has 1 saturated carbocycles. The molecule has 2 rings (SSSR count). The fraction of sp³-hybridized carbons (Fsp3) is 0.533. The largest absolute Gasteiger partial charge is 0.497 e. The molecule has 0 atom stereocenters. The number of halogens is 3. The second kappa shape index (κ2) is 7.20. The normalized spacial score (nSPS) is 21.8. The van der Waals surface area contributed by atoms with Crippen molar-refractivity contribution in [3.05, 3.63) is 23.8 Å². The lowest BCUT2D eigenvalue weighted by atomic mass is 9.87. The molecule has 1 aromatic rings. The standard InChI is InChI=1S/C15H18F3NO5S/c1-24-12-6-10(15(16,17)18)7-13(8-12)25(22,23)19-11-4-2-9(3-5-11)14(20)21/h6-9,11,19H,2-5H2,1H3,(H,20,21). The minimum Gasteiger partial charge on any atom is -0.497 e. The van der Waals surface area contributed by atoms with Crippen LogP contribution >= 0.6 is 0 Å². The molecule has 0 bridgehead atoms. The molecule has 2 N–H and O–H groups in total. The van der Waals surface area contributed by atoms with E-state index in [9.17, 15) is 26.4 Å². The summed E-state index contributed by atoms with van der Waals surface area (Å²) in [6, 6.07) is 1.77. The van der Waals surface area contributed by atoms with Crippen LogP contribution in [0.25, 0.3) is 0 Å². The molecule has 0 unspecified atom stereocenters. The Balaban J connectivity index is 2.21. The van der Waals surface area contributed by atoms with Crippen LogP contribution < -0.4 is 9.46 Å². The van der Waals surface area contributed by atoms with Gasteiger partial charge in [0.2, 0.25) is 10.0 Å². The maximum absolute atomic E-state index is 12.9. The van der Waals surface area contributed by atoms with E-state index in [4.69, 9.17) is 9.84 Å². The van der Waals surface area contributed by atoms with Crippen molar-refractivity contribution in [3.63, 3.8) is 0 Å². The fourth-order valence-corrected chi connectivity index (χ4v) is 4.12. The minimum atomic E-state index is -4.71. The molecule has 0 aliphatic heterocycles. The van der Waals surface area contributed by atoms with Gasteiger partial charge in [-0.25, -0.2) is 13.1 Å². The Labute approximate surface area is 143 Å². The smallest absolute Gasteiger partial charge is 0.416 e. The number of sulfonamides is 1. The first-order valence-corrected chi connectivity index (χ1v) is 9.02. The first kappa shape index (κ1) is 19.5. The number of benzene rings is 1. The highest BCUT2D eigenvalue weighted by molar-refractivity contribution is 7.89. The second-order valence-corrected chi connectivity index (χ2v) is 7.62.